The lowest BCUT2D eigenvalue weighted by Crippen LogP contribution is -2.61. The van der Waals surface area contributed by atoms with E-state index in [0.717, 1.165) is 4.90 Å². The van der Waals surface area contributed by atoms with Crippen molar-refractivity contribution in [1.29, 1.82) is 0 Å². The summed E-state index contributed by atoms with van der Waals surface area (Å²) in [4.78, 5) is 110. The number of aliphatic carboxylic acids is 1. The third-order valence-corrected chi connectivity index (χ3v) is 8.48. The fourth-order valence-corrected chi connectivity index (χ4v) is 5.58. The summed E-state index contributed by atoms with van der Waals surface area (Å²) < 4.78 is 0. The quantitative estimate of drug-likeness (QED) is 0.0524. The summed E-state index contributed by atoms with van der Waals surface area (Å²) in [6.07, 6.45) is 1.10. The van der Waals surface area contributed by atoms with Gasteiger partial charge in [-0.25, -0.2) is 9.78 Å². The Balaban J connectivity index is 2.18. The first-order valence-electron chi connectivity index (χ1n) is 17.4. The van der Waals surface area contributed by atoms with Crippen LogP contribution in [0.2, 0.25) is 0 Å². The van der Waals surface area contributed by atoms with Gasteiger partial charge in [-0.15, -0.1) is 0 Å². The third-order valence-electron chi connectivity index (χ3n) is 8.48. The minimum absolute atomic E-state index is 0.0301. The predicted octanol–water partition coefficient (Wildman–Crippen LogP) is -5.54. The van der Waals surface area contributed by atoms with Crippen molar-refractivity contribution in [3.05, 3.63) is 18.2 Å². The highest BCUT2D eigenvalue weighted by molar-refractivity contribution is 5.97. The Bertz CT molecular complexity index is 1470. The van der Waals surface area contributed by atoms with Crippen molar-refractivity contribution < 1.29 is 58.8 Å². The zero-order valence-electron chi connectivity index (χ0n) is 30.3. The number of aliphatic hydroxyl groups is 3. The van der Waals surface area contributed by atoms with Crippen LogP contribution < -0.4 is 38.1 Å². The van der Waals surface area contributed by atoms with Crippen LogP contribution in [0.5, 0.6) is 0 Å². The number of nitrogens with zero attached hydrogens (tertiary/aromatic N) is 2. The molecule has 0 bridgehead atoms. The van der Waals surface area contributed by atoms with E-state index < -0.39 is 115 Å². The molecule has 1 aliphatic rings. The molecule has 2 heterocycles. The highest BCUT2D eigenvalue weighted by atomic mass is 16.4. The van der Waals surface area contributed by atoms with E-state index in [1.165, 1.54) is 19.4 Å². The summed E-state index contributed by atoms with van der Waals surface area (Å²) in [6.45, 7) is 2.81. The number of aliphatic hydroxyl groups excluding tert-OH is 3. The number of aromatic nitrogens is 2. The summed E-state index contributed by atoms with van der Waals surface area (Å²) in [5.74, 6) is -8.10. The van der Waals surface area contributed by atoms with Crippen LogP contribution in [0.15, 0.2) is 12.5 Å². The molecule has 0 saturated carbocycles. The fourth-order valence-electron chi connectivity index (χ4n) is 5.58. The predicted molar refractivity (Wildman–Crippen MR) is 186 cm³/mol. The Labute approximate surface area is 310 Å². The van der Waals surface area contributed by atoms with Crippen molar-refractivity contribution in [2.75, 3.05) is 19.8 Å². The first-order chi connectivity index (χ1) is 25.4. The van der Waals surface area contributed by atoms with E-state index in [2.05, 4.69) is 36.6 Å². The number of hydrogen-bond acceptors (Lipinski definition) is 13. The molecule has 0 spiro atoms. The summed E-state index contributed by atoms with van der Waals surface area (Å²) >= 11 is 0. The average molecular weight is 769 g/mol. The lowest BCUT2D eigenvalue weighted by atomic mass is 10.0. The number of primary amides is 1. The fraction of sp³-hybridized carbons (Fsp3) is 0.656. The average Bonchev–Trinajstić information content (AvgIpc) is 3.81. The van der Waals surface area contributed by atoms with Gasteiger partial charge in [0, 0.05) is 31.3 Å². The van der Waals surface area contributed by atoms with Gasteiger partial charge in [0.1, 0.15) is 36.3 Å². The number of carbonyl (C=O) groups excluding carboxylic acids is 7. The lowest BCUT2D eigenvalue weighted by Gasteiger charge is -2.30. The number of nitrogens with two attached hydrogens (primary N) is 2. The summed E-state index contributed by atoms with van der Waals surface area (Å²) in [5, 5.41) is 51.2. The number of H-pyrrole nitrogens is 1. The normalized spacial score (nSPS) is 17.9. The van der Waals surface area contributed by atoms with Gasteiger partial charge in [0.2, 0.25) is 41.4 Å². The first kappa shape index (κ1) is 45.0. The Morgan fingerprint density at radius 3 is 1.91 bits per heavy atom. The van der Waals surface area contributed by atoms with Gasteiger partial charge in [0.15, 0.2) is 0 Å². The highest BCUT2D eigenvalue weighted by Crippen LogP contribution is 2.19. The van der Waals surface area contributed by atoms with Crippen LogP contribution in [0.3, 0.4) is 0 Å². The monoisotopic (exact) mass is 768 g/mol. The van der Waals surface area contributed by atoms with Crippen molar-refractivity contribution in [2.45, 2.75) is 108 Å². The van der Waals surface area contributed by atoms with Crippen molar-refractivity contribution >= 4 is 47.3 Å². The van der Waals surface area contributed by atoms with Crippen molar-refractivity contribution in [3.8, 4) is 0 Å². The molecule has 14 N–H and O–H groups in total. The summed E-state index contributed by atoms with van der Waals surface area (Å²) in [7, 11) is 0. The topological polar surface area (TPSA) is 362 Å². The van der Waals surface area contributed by atoms with E-state index in [1.54, 1.807) is 13.8 Å². The maximum Gasteiger partial charge on any atom is 0.326 e. The number of carbonyl (C=O) groups is 8. The second kappa shape index (κ2) is 21.5. The van der Waals surface area contributed by atoms with Crippen LogP contribution in [0, 0.1) is 5.92 Å². The largest absolute Gasteiger partial charge is 0.480 e. The van der Waals surface area contributed by atoms with Gasteiger partial charge >= 0.3 is 5.97 Å². The molecule has 0 aliphatic carbocycles. The summed E-state index contributed by atoms with van der Waals surface area (Å²) in [5.41, 5.74) is 11.7. The minimum Gasteiger partial charge on any atom is -0.480 e. The SMILES string of the molecule is CC(C)C[C@H](NC(=O)[C@H](CO)NC(=O)[C@H](CO)NC(=O)[C@@H](N)Cc1cnc[nH]1)C(=O)N[C@@H](CCC(N)=O)C(=O)N[C@H](C(=O)N1CCC[C@H]1C(=O)O)[C@@H](C)O. The van der Waals surface area contributed by atoms with E-state index in [4.69, 9.17) is 11.5 Å². The molecule has 2 rings (SSSR count). The number of rotatable bonds is 22. The van der Waals surface area contributed by atoms with Crippen LogP contribution in [0.1, 0.15) is 58.6 Å². The minimum atomic E-state index is -1.68. The molecule has 22 nitrogen and oxygen atoms in total. The maximum absolute atomic E-state index is 13.6. The molecular weight excluding hydrogens is 716 g/mol. The van der Waals surface area contributed by atoms with Crippen LogP contribution in [-0.4, -0.2) is 151 Å². The third kappa shape index (κ3) is 13.7. The molecule has 54 heavy (non-hydrogen) atoms. The number of aromatic amines is 1. The molecule has 22 heteroatoms. The van der Waals surface area contributed by atoms with Crippen LogP contribution in [-0.2, 0) is 44.8 Å². The number of imidazole rings is 1. The zero-order valence-corrected chi connectivity index (χ0v) is 30.3. The summed E-state index contributed by atoms with van der Waals surface area (Å²) in [6, 6.07) is -10.1. The number of hydrogen-bond donors (Lipinski definition) is 12. The van der Waals surface area contributed by atoms with Crippen molar-refractivity contribution in [3.63, 3.8) is 0 Å². The first-order valence-corrected chi connectivity index (χ1v) is 17.4. The van der Waals surface area contributed by atoms with Gasteiger partial charge in [-0.05, 0) is 38.5 Å². The van der Waals surface area contributed by atoms with Gasteiger partial charge in [-0.1, -0.05) is 13.8 Å². The standard InChI is InChI=1S/C32H52N10O12/c1-15(2)9-20(38-29(50)22(13-44)40-30(51)21(12-43)39-26(47)18(33)10-17-11-35-14-36-17)28(49)37-19(6-7-24(34)46)27(48)41-25(16(3)45)31(52)42-8-4-5-23(42)32(53)54/h11,14-16,18-23,25,43-45H,4-10,12-13,33H2,1-3H3,(H2,34,46)(H,35,36)(H,37,49)(H,38,50)(H,39,47)(H,40,51)(H,41,48)(H,53,54)/t16-,18+,19+,20+,21+,22+,23+,25+/m1/s1. The Morgan fingerprint density at radius 2 is 1.41 bits per heavy atom. The molecule has 1 saturated heterocycles. The van der Waals surface area contributed by atoms with Crippen LogP contribution in [0.25, 0.3) is 0 Å². The van der Waals surface area contributed by atoms with E-state index in [0.29, 0.717) is 12.1 Å². The van der Waals surface area contributed by atoms with Crippen molar-refractivity contribution in [2.24, 2.45) is 17.4 Å². The molecule has 302 valence electrons. The molecule has 0 unspecified atom stereocenters. The maximum atomic E-state index is 13.6. The number of carboxylic acids is 1. The smallest absolute Gasteiger partial charge is 0.326 e. The van der Waals surface area contributed by atoms with E-state index in [9.17, 15) is 58.8 Å². The van der Waals surface area contributed by atoms with Gasteiger partial charge in [-0.2, -0.15) is 0 Å². The van der Waals surface area contributed by atoms with Crippen molar-refractivity contribution in [1.82, 2.24) is 41.5 Å². The molecule has 1 aromatic heterocycles. The lowest BCUT2D eigenvalue weighted by molar-refractivity contribution is -0.150. The number of likely N-dealkylation sites (tertiary alicyclic amines) is 1. The van der Waals surface area contributed by atoms with Crippen LogP contribution in [0.4, 0.5) is 0 Å². The molecule has 7 amide bonds. The zero-order chi connectivity index (χ0) is 40.7. The van der Waals surface area contributed by atoms with Crippen LogP contribution >= 0.6 is 0 Å². The molecule has 0 aromatic carbocycles. The Kier molecular flexibility index (Phi) is 17.9. The van der Waals surface area contributed by atoms with E-state index >= 15 is 0 Å². The number of nitrogens with one attached hydrogen (secondary N) is 6. The molecule has 1 aliphatic heterocycles. The molecule has 1 fully saturated rings. The van der Waals surface area contributed by atoms with Gasteiger partial charge in [-0.3, -0.25) is 33.6 Å². The molecular formula is C32H52N10O12. The Morgan fingerprint density at radius 1 is 0.870 bits per heavy atom. The second-order valence-corrected chi connectivity index (χ2v) is 13.4. The van der Waals surface area contributed by atoms with E-state index in [1.807, 2.05) is 0 Å². The molecule has 8 atom stereocenters. The number of amides is 7. The molecule has 0 radical (unpaired) electrons. The van der Waals surface area contributed by atoms with Gasteiger partial charge in [0.25, 0.3) is 0 Å². The highest BCUT2D eigenvalue weighted by Gasteiger charge is 2.40. The number of carboxylic acid groups (broad SMARTS) is 1. The van der Waals surface area contributed by atoms with Gasteiger partial charge in [0.05, 0.1) is 31.7 Å². The van der Waals surface area contributed by atoms with E-state index in [-0.39, 0.29) is 38.1 Å². The second-order valence-electron chi connectivity index (χ2n) is 13.4. The van der Waals surface area contributed by atoms with Gasteiger partial charge < -0.3 is 68.4 Å². The Hall–Kier alpha value is -5.19. The molecule has 1 aromatic rings.